The van der Waals surface area contributed by atoms with E-state index in [2.05, 4.69) is 4.98 Å². The van der Waals surface area contributed by atoms with Gasteiger partial charge in [0.05, 0.1) is 17.2 Å². The molecular formula is C23H23F4N5O. The van der Waals surface area contributed by atoms with Gasteiger partial charge in [-0.3, -0.25) is 4.79 Å². The lowest BCUT2D eigenvalue weighted by atomic mass is 9.95. The fourth-order valence-corrected chi connectivity index (χ4v) is 4.55. The Morgan fingerprint density at radius 1 is 1.06 bits per heavy atom. The summed E-state index contributed by atoms with van der Waals surface area (Å²) >= 11 is 0. The predicted octanol–water partition coefficient (Wildman–Crippen LogP) is 3.68. The standard InChI is InChI=1S/C23H23F4N5O/c24-19-6-1-7-20(17(19)14-28)30-10-12-31(13-11-30)22(33)16-4-3-9-32(15-16)21-18(23(25,26)27)5-2-8-29-21/h1-2,5-8,16H,3-4,9-13,15H2. The minimum Gasteiger partial charge on any atom is -0.367 e. The Hall–Kier alpha value is -3.35. The van der Waals surface area contributed by atoms with Gasteiger partial charge >= 0.3 is 6.18 Å². The molecule has 1 aromatic heterocycles. The van der Waals surface area contributed by atoms with Crippen molar-refractivity contribution in [3.63, 3.8) is 0 Å². The molecule has 10 heteroatoms. The summed E-state index contributed by atoms with van der Waals surface area (Å²) in [7, 11) is 0. The van der Waals surface area contributed by atoms with Crippen molar-refractivity contribution in [3.8, 4) is 6.07 Å². The predicted molar refractivity (Wildman–Crippen MR) is 114 cm³/mol. The molecule has 2 fully saturated rings. The van der Waals surface area contributed by atoms with Crippen molar-refractivity contribution in [1.29, 1.82) is 5.26 Å². The lowest BCUT2D eigenvalue weighted by molar-refractivity contribution is -0.137. The summed E-state index contributed by atoms with van der Waals surface area (Å²) in [6.45, 7) is 2.27. The highest BCUT2D eigenvalue weighted by atomic mass is 19.4. The zero-order chi connectivity index (χ0) is 23.6. The molecule has 0 radical (unpaired) electrons. The average Bonchev–Trinajstić information content (AvgIpc) is 2.83. The molecule has 6 nitrogen and oxygen atoms in total. The molecule has 4 rings (SSSR count). The second-order valence-electron chi connectivity index (χ2n) is 8.22. The van der Waals surface area contributed by atoms with Crippen molar-refractivity contribution in [3.05, 3.63) is 53.5 Å². The normalized spacial score (nSPS) is 19.4. The molecule has 0 bridgehead atoms. The maximum atomic E-state index is 13.9. The highest BCUT2D eigenvalue weighted by molar-refractivity contribution is 5.80. The molecule has 2 aliphatic heterocycles. The van der Waals surface area contributed by atoms with Crippen molar-refractivity contribution in [2.24, 2.45) is 5.92 Å². The Kier molecular flexibility index (Phi) is 6.40. The number of benzene rings is 1. The van der Waals surface area contributed by atoms with Crippen molar-refractivity contribution in [1.82, 2.24) is 9.88 Å². The molecule has 1 atom stereocenters. The summed E-state index contributed by atoms with van der Waals surface area (Å²) in [6, 6.07) is 8.63. The third-order valence-electron chi connectivity index (χ3n) is 6.20. The van der Waals surface area contributed by atoms with Crippen LogP contribution < -0.4 is 9.80 Å². The third kappa shape index (κ3) is 4.72. The number of piperazine rings is 1. The van der Waals surface area contributed by atoms with E-state index in [1.165, 1.54) is 18.3 Å². The molecule has 2 aromatic rings. The van der Waals surface area contributed by atoms with Gasteiger partial charge in [-0.1, -0.05) is 6.07 Å². The lowest BCUT2D eigenvalue weighted by Gasteiger charge is -2.40. The van der Waals surface area contributed by atoms with Crippen LogP contribution in [0.4, 0.5) is 29.1 Å². The first-order valence-electron chi connectivity index (χ1n) is 10.8. The van der Waals surface area contributed by atoms with Crippen molar-refractivity contribution < 1.29 is 22.4 Å². The van der Waals surface area contributed by atoms with Crippen molar-refractivity contribution >= 4 is 17.4 Å². The molecular weight excluding hydrogens is 438 g/mol. The van der Waals surface area contributed by atoms with Gasteiger partial charge in [0.25, 0.3) is 0 Å². The van der Waals surface area contributed by atoms with Crippen LogP contribution in [0.3, 0.4) is 0 Å². The molecule has 0 aliphatic carbocycles. The summed E-state index contributed by atoms with van der Waals surface area (Å²) < 4.78 is 54.2. The number of carbonyl (C=O) groups is 1. The number of nitriles is 1. The van der Waals surface area contributed by atoms with Gasteiger partial charge in [0.1, 0.15) is 23.3 Å². The molecule has 3 heterocycles. The van der Waals surface area contributed by atoms with Gasteiger partial charge in [-0.05, 0) is 37.1 Å². The number of carbonyl (C=O) groups excluding carboxylic acids is 1. The van der Waals surface area contributed by atoms with Crippen LogP contribution in [-0.4, -0.2) is 55.1 Å². The van der Waals surface area contributed by atoms with E-state index in [4.69, 9.17) is 0 Å². The van der Waals surface area contributed by atoms with E-state index in [0.717, 1.165) is 6.07 Å². The minimum absolute atomic E-state index is 0.0176. The zero-order valence-electron chi connectivity index (χ0n) is 17.9. The van der Waals surface area contributed by atoms with Crippen LogP contribution >= 0.6 is 0 Å². The number of nitrogens with zero attached hydrogens (tertiary/aromatic N) is 5. The van der Waals surface area contributed by atoms with Gasteiger partial charge in [-0.15, -0.1) is 0 Å². The Morgan fingerprint density at radius 2 is 1.82 bits per heavy atom. The Labute approximate surface area is 189 Å². The first-order chi connectivity index (χ1) is 15.8. The molecule has 2 saturated heterocycles. The number of hydrogen-bond donors (Lipinski definition) is 0. The highest BCUT2D eigenvalue weighted by Crippen LogP contribution is 2.36. The molecule has 1 unspecified atom stereocenters. The summed E-state index contributed by atoms with van der Waals surface area (Å²) in [4.78, 5) is 22.3. The fraction of sp³-hybridized carbons (Fsp3) is 0.435. The number of halogens is 4. The summed E-state index contributed by atoms with van der Waals surface area (Å²) in [6.07, 6.45) is -1.99. The monoisotopic (exact) mass is 461 g/mol. The molecule has 1 amide bonds. The van der Waals surface area contributed by atoms with Gasteiger partial charge < -0.3 is 14.7 Å². The van der Waals surface area contributed by atoms with Gasteiger partial charge in [0.2, 0.25) is 5.91 Å². The number of piperidine rings is 1. The lowest BCUT2D eigenvalue weighted by Crippen LogP contribution is -2.53. The van der Waals surface area contributed by atoms with E-state index in [1.54, 1.807) is 21.9 Å². The van der Waals surface area contributed by atoms with Gasteiger partial charge in [-0.25, -0.2) is 9.37 Å². The number of rotatable bonds is 3. The third-order valence-corrected chi connectivity index (χ3v) is 6.20. The van der Waals surface area contributed by atoms with E-state index in [-0.39, 0.29) is 23.8 Å². The number of alkyl halides is 3. The maximum Gasteiger partial charge on any atom is 0.419 e. The van der Waals surface area contributed by atoms with Crippen molar-refractivity contribution in [2.75, 3.05) is 49.1 Å². The van der Waals surface area contributed by atoms with Crippen LogP contribution in [0, 0.1) is 23.1 Å². The van der Waals surface area contributed by atoms with Crippen LogP contribution in [-0.2, 0) is 11.0 Å². The minimum atomic E-state index is -4.52. The number of aromatic nitrogens is 1. The van der Waals surface area contributed by atoms with E-state index in [0.29, 0.717) is 51.3 Å². The molecule has 2 aliphatic rings. The van der Waals surface area contributed by atoms with Gasteiger partial charge in [-0.2, -0.15) is 18.4 Å². The number of hydrogen-bond acceptors (Lipinski definition) is 5. The Balaban J connectivity index is 1.42. The average molecular weight is 461 g/mol. The first-order valence-corrected chi connectivity index (χ1v) is 10.8. The second kappa shape index (κ2) is 9.25. The molecule has 0 spiro atoms. The molecule has 0 saturated carbocycles. The van der Waals surface area contributed by atoms with E-state index in [1.807, 2.05) is 11.0 Å². The molecule has 174 valence electrons. The SMILES string of the molecule is N#Cc1c(F)cccc1N1CCN(C(=O)C2CCCN(c3ncccc3C(F)(F)F)C2)CC1. The smallest absolute Gasteiger partial charge is 0.367 e. The second-order valence-corrected chi connectivity index (χ2v) is 8.22. The van der Waals surface area contributed by atoms with Crippen LogP contribution in [0.5, 0.6) is 0 Å². The maximum absolute atomic E-state index is 13.9. The Bertz CT molecular complexity index is 1060. The van der Waals surface area contributed by atoms with Gasteiger partial charge in [0, 0.05) is 45.5 Å². The van der Waals surface area contributed by atoms with Gasteiger partial charge in [0.15, 0.2) is 0 Å². The first kappa shape index (κ1) is 22.8. The van der Waals surface area contributed by atoms with E-state index >= 15 is 0 Å². The van der Waals surface area contributed by atoms with E-state index < -0.39 is 23.5 Å². The number of pyridine rings is 1. The summed E-state index contributed by atoms with van der Waals surface area (Å²) in [5, 5.41) is 9.27. The van der Waals surface area contributed by atoms with E-state index in [9.17, 15) is 27.6 Å². The molecule has 33 heavy (non-hydrogen) atoms. The summed E-state index contributed by atoms with van der Waals surface area (Å²) in [5.74, 6) is -1.23. The highest BCUT2D eigenvalue weighted by Gasteiger charge is 2.38. The summed E-state index contributed by atoms with van der Waals surface area (Å²) in [5.41, 5.74) is -0.311. The Morgan fingerprint density at radius 3 is 2.52 bits per heavy atom. The molecule has 1 aromatic carbocycles. The number of amides is 1. The zero-order valence-corrected chi connectivity index (χ0v) is 17.9. The number of anilines is 2. The molecule has 0 N–H and O–H groups in total. The topological polar surface area (TPSA) is 63.5 Å². The van der Waals surface area contributed by atoms with Crippen LogP contribution in [0.1, 0.15) is 24.0 Å². The van der Waals surface area contributed by atoms with Crippen LogP contribution in [0.2, 0.25) is 0 Å². The quantitative estimate of drug-likeness (QED) is 0.653. The van der Waals surface area contributed by atoms with Crippen molar-refractivity contribution in [2.45, 2.75) is 19.0 Å². The van der Waals surface area contributed by atoms with Crippen LogP contribution in [0.15, 0.2) is 36.5 Å². The fourth-order valence-electron chi connectivity index (χ4n) is 4.55. The largest absolute Gasteiger partial charge is 0.419 e. The van der Waals surface area contributed by atoms with Crippen LogP contribution in [0.25, 0.3) is 0 Å².